The van der Waals surface area contributed by atoms with E-state index in [-0.39, 0.29) is 28.4 Å². The topological polar surface area (TPSA) is 116 Å². The summed E-state index contributed by atoms with van der Waals surface area (Å²) < 4.78 is 28.4. The first-order valence-electron chi connectivity index (χ1n) is 10.1. The minimum atomic E-state index is -4.05. The Morgan fingerprint density at radius 1 is 1.31 bits per heavy atom. The van der Waals surface area contributed by atoms with Crippen LogP contribution in [0.4, 0.5) is 0 Å². The summed E-state index contributed by atoms with van der Waals surface area (Å²) in [7, 11) is -4.05. The molecular formula is C21H28N4O4S3. The van der Waals surface area contributed by atoms with Crippen molar-refractivity contribution in [2.45, 2.75) is 57.5 Å². The quantitative estimate of drug-likeness (QED) is 0.290. The Kier molecular flexibility index (Phi) is 8.49. The third-order valence-electron chi connectivity index (χ3n) is 5.54. The van der Waals surface area contributed by atoms with Crippen molar-refractivity contribution in [3.8, 4) is 0 Å². The summed E-state index contributed by atoms with van der Waals surface area (Å²) in [5, 5.41) is 9.54. The van der Waals surface area contributed by atoms with Gasteiger partial charge in [-0.15, -0.1) is 0 Å². The maximum Gasteiger partial charge on any atom is 0.264 e. The second-order valence-electron chi connectivity index (χ2n) is 7.93. The zero-order valence-corrected chi connectivity index (χ0v) is 20.8. The molecule has 0 fully saturated rings. The van der Waals surface area contributed by atoms with Gasteiger partial charge in [0.15, 0.2) is 5.11 Å². The van der Waals surface area contributed by atoms with E-state index in [1.54, 1.807) is 18.3 Å². The minimum Gasteiger partial charge on any atom is -0.360 e. The third kappa shape index (κ3) is 5.51. The van der Waals surface area contributed by atoms with Gasteiger partial charge in [0, 0.05) is 23.2 Å². The van der Waals surface area contributed by atoms with Gasteiger partial charge in [-0.1, -0.05) is 31.3 Å². The van der Waals surface area contributed by atoms with Crippen molar-refractivity contribution in [2.24, 2.45) is 5.41 Å². The Morgan fingerprint density at radius 2 is 2.00 bits per heavy atom. The Balaban J connectivity index is 2.48. The summed E-state index contributed by atoms with van der Waals surface area (Å²) in [5.74, 6) is -0.148. The van der Waals surface area contributed by atoms with E-state index >= 15 is 0 Å². The normalized spacial score (nSPS) is 19.0. The van der Waals surface area contributed by atoms with E-state index in [2.05, 4.69) is 20.7 Å². The molecule has 0 saturated carbocycles. The summed E-state index contributed by atoms with van der Waals surface area (Å²) in [5.41, 5.74) is 0.899. The molecule has 4 N–H and O–H groups in total. The molecule has 0 spiro atoms. The van der Waals surface area contributed by atoms with Crippen molar-refractivity contribution in [2.75, 3.05) is 0 Å². The van der Waals surface area contributed by atoms with E-state index < -0.39 is 21.5 Å². The lowest BCUT2D eigenvalue weighted by Crippen LogP contribution is -2.42. The highest BCUT2D eigenvalue weighted by atomic mass is 32.2. The van der Waals surface area contributed by atoms with Crippen LogP contribution in [0.15, 0.2) is 34.9 Å². The fourth-order valence-electron chi connectivity index (χ4n) is 3.74. The lowest BCUT2D eigenvalue weighted by molar-refractivity contribution is -0.128. The van der Waals surface area contributed by atoms with E-state index in [0.29, 0.717) is 24.0 Å². The number of rotatable bonds is 10. The van der Waals surface area contributed by atoms with Gasteiger partial charge >= 0.3 is 0 Å². The molecule has 1 aliphatic rings. The van der Waals surface area contributed by atoms with E-state index in [1.807, 2.05) is 27.7 Å². The number of carbonyl (C=O) groups is 2. The Bertz CT molecular complexity index is 1050. The largest absolute Gasteiger partial charge is 0.360 e. The van der Waals surface area contributed by atoms with Crippen LogP contribution in [-0.4, -0.2) is 37.3 Å². The highest BCUT2D eigenvalue weighted by Gasteiger charge is 2.43. The number of thiocarbonyl (C=S) groups is 2. The molecular weight excluding hydrogens is 468 g/mol. The van der Waals surface area contributed by atoms with Crippen molar-refractivity contribution in [1.29, 1.82) is 0 Å². The summed E-state index contributed by atoms with van der Waals surface area (Å²) >= 11 is 10.1. The Morgan fingerprint density at radius 3 is 2.50 bits per heavy atom. The van der Waals surface area contributed by atoms with Gasteiger partial charge < -0.3 is 16.0 Å². The lowest BCUT2D eigenvalue weighted by Gasteiger charge is -2.31. The zero-order chi connectivity index (χ0) is 24.1. The molecule has 11 heteroatoms. The predicted octanol–water partition coefficient (Wildman–Crippen LogP) is 2.20. The van der Waals surface area contributed by atoms with Gasteiger partial charge in [0.1, 0.15) is 0 Å². The van der Waals surface area contributed by atoms with Crippen LogP contribution in [-0.2, 0) is 19.6 Å². The van der Waals surface area contributed by atoms with Gasteiger partial charge in [-0.3, -0.25) is 14.3 Å². The molecule has 2 amide bonds. The van der Waals surface area contributed by atoms with Crippen LogP contribution >= 0.6 is 24.4 Å². The van der Waals surface area contributed by atoms with Crippen LogP contribution in [0.25, 0.3) is 0 Å². The molecule has 1 aromatic carbocycles. The Labute approximate surface area is 199 Å². The molecule has 0 bridgehead atoms. The average molecular weight is 497 g/mol. The van der Waals surface area contributed by atoms with Crippen molar-refractivity contribution < 1.29 is 18.0 Å². The van der Waals surface area contributed by atoms with Crippen LogP contribution in [0.5, 0.6) is 0 Å². The van der Waals surface area contributed by atoms with E-state index in [9.17, 15) is 18.0 Å². The molecule has 1 aromatic rings. The first kappa shape index (κ1) is 25.9. The number of sulfonamides is 1. The molecule has 0 aromatic heterocycles. The molecule has 2 atom stereocenters. The highest BCUT2D eigenvalue weighted by Crippen LogP contribution is 2.42. The molecule has 174 valence electrons. The monoisotopic (exact) mass is 496 g/mol. The molecule has 1 aliphatic heterocycles. The summed E-state index contributed by atoms with van der Waals surface area (Å²) in [6.07, 6.45) is 3.01. The highest BCUT2D eigenvalue weighted by molar-refractivity contribution is 7.92. The van der Waals surface area contributed by atoms with E-state index in [4.69, 9.17) is 24.4 Å². The molecule has 8 nitrogen and oxygen atoms in total. The smallest absolute Gasteiger partial charge is 0.264 e. The first-order chi connectivity index (χ1) is 15.0. The molecule has 0 saturated heterocycles. The van der Waals surface area contributed by atoms with Crippen LogP contribution in [0.1, 0.15) is 57.7 Å². The van der Waals surface area contributed by atoms with Crippen molar-refractivity contribution >= 4 is 57.3 Å². The summed E-state index contributed by atoms with van der Waals surface area (Å²) in [4.78, 5) is 23.9. The lowest BCUT2D eigenvalue weighted by atomic mass is 9.73. The Hall–Kier alpha value is -2.37. The van der Waals surface area contributed by atoms with Crippen LogP contribution < -0.4 is 20.7 Å². The van der Waals surface area contributed by atoms with Gasteiger partial charge in [0.05, 0.1) is 16.4 Å². The number of hydrogen-bond donors (Lipinski definition) is 4. The standard InChI is InChI=1S/C21H28N4O4S3/c1-5-21(14(4)10-22-19(21)27)9-17(23-12-26)15-6-7-16(11-30)18(8-15)32(28,29)25-20(31)24-13(2)3/h6-8,10-13,17H,5,9H2,1-4H3,(H,22,27)(H,23,26)(H2,24,25,31). The van der Waals surface area contributed by atoms with Crippen molar-refractivity contribution in [3.63, 3.8) is 0 Å². The van der Waals surface area contributed by atoms with Crippen LogP contribution in [0, 0.1) is 5.41 Å². The van der Waals surface area contributed by atoms with Gasteiger partial charge in [-0.05, 0) is 63.0 Å². The third-order valence-corrected chi connectivity index (χ3v) is 7.55. The summed E-state index contributed by atoms with van der Waals surface area (Å²) in [6.45, 7) is 7.42. The fraction of sp³-hybridized carbons (Fsp3) is 0.429. The van der Waals surface area contributed by atoms with Gasteiger partial charge in [-0.2, -0.15) is 0 Å². The number of carbonyl (C=O) groups excluding carboxylic acids is 2. The van der Waals surface area contributed by atoms with Gasteiger partial charge in [-0.25, -0.2) is 8.42 Å². The summed E-state index contributed by atoms with van der Waals surface area (Å²) in [6, 6.07) is 4.06. The van der Waals surface area contributed by atoms with E-state index in [1.165, 1.54) is 11.4 Å². The fourth-order valence-corrected chi connectivity index (χ4v) is 5.72. The van der Waals surface area contributed by atoms with Crippen molar-refractivity contribution in [1.82, 2.24) is 20.7 Å². The molecule has 32 heavy (non-hydrogen) atoms. The van der Waals surface area contributed by atoms with Crippen LogP contribution in [0.2, 0.25) is 0 Å². The van der Waals surface area contributed by atoms with Crippen LogP contribution in [0.3, 0.4) is 0 Å². The second kappa shape index (κ2) is 10.5. The molecule has 2 unspecified atom stereocenters. The number of amides is 2. The van der Waals surface area contributed by atoms with Crippen molar-refractivity contribution in [3.05, 3.63) is 41.1 Å². The zero-order valence-electron chi connectivity index (χ0n) is 18.4. The number of nitrogens with one attached hydrogen (secondary N) is 4. The first-order valence-corrected chi connectivity index (χ1v) is 12.5. The average Bonchev–Trinajstić information content (AvgIpc) is 3.00. The second-order valence-corrected chi connectivity index (χ2v) is 10.2. The predicted molar refractivity (Wildman–Crippen MR) is 132 cm³/mol. The SMILES string of the molecule is CCC1(CC(NC=O)c2ccc(C=S)c(S(=O)(=O)NC(=S)NC(C)C)c2)C(=O)NC=C1C. The van der Waals surface area contributed by atoms with E-state index in [0.717, 1.165) is 5.57 Å². The maximum atomic E-state index is 13.0. The molecule has 2 rings (SSSR count). The number of hydrogen-bond acceptors (Lipinski definition) is 6. The molecule has 0 radical (unpaired) electrons. The van der Waals surface area contributed by atoms with Gasteiger partial charge in [0.2, 0.25) is 12.3 Å². The maximum absolute atomic E-state index is 13.0. The minimum absolute atomic E-state index is 0.0309. The van der Waals surface area contributed by atoms with Gasteiger partial charge in [0.25, 0.3) is 10.0 Å². The molecule has 1 heterocycles. The molecule has 0 aliphatic carbocycles. The number of benzene rings is 1.